The van der Waals surface area contributed by atoms with Crippen LogP contribution in [0, 0.1) is 17.3 Å². The van der Waals surface area contributed by atoms with Crippen molar-refractivity contribution >= 4 is 0 Å². The van der Waals surface area contributed by atoms with Crippen LogP contribution < -0.4 is 0 Å². The molecular weight excluding hydrogens is 336 g/mol. The minimum absolute atomic E-state index is 0.719. The van der Waals surface area contributed by atoms with Crippen LogP contribution in [-0.4, -0.2) is 0 Å². The van der Waals surface area contributed by atoms with Gasteiger partial charge in [-0.1, -0.05) is 130 Å². The van der Waals surface area contributed by atoms with E-state index in [9.17, 15) is 0 Å². The molecule has 0 heterocycles. The average molecular weight is 393 g/mol. The van der Waals surface area contributed by atoms with Gasteiger partial charge in [0.15, 0.2) is 0 Å². The van der Waals surface area contributed by atoms with Crippen LogP contribution in [0.2, 0.25) is 0 Å². The summed E-state index contributed by atoms with van der Waals surface area (Å²) in [5, 5.41) is 0. The van der Waals surface area contributed by atoms with E-state index in [0.717, 1.165) is 17.3 Å². The molecule has 0 heteroatoms. The lowest BCUT2D eigenvalue weighted by molar-refractivity contribution is 0.0787. The van der Waals surface area contributed by atoms with E-state index in [2.05, 4.69) is 27.7 Å². The number of hydrogen-bond donors (Lipinski definition) is 0. The molecule has 28 heavy (non-hydrogen) atoms. The summed E-state index contributed by atoms with van der Waals surface area (Å²) in [6.07, 6.45) is 31.1. The first-order valence-corrected chi connectivity index (χ1v) is 13.6. The molecule has 0 amide bonds. The highest BCUT2D eigenvalue weighted by Gasteiger charge is 2.36. The van der Waals surface area contributed by atoms with Gasteiger partial charge in [-0.2, -0.15) is 0 Å². The Hall–Kier alpha value is 0. The maximum Gasteiger partial charge on any atom is -0.0295 e. The molecule has 2 atom stereocenters. The van der Waals surface area contributed by atoms with Crippen LogP contribution in [0.15, 0.2) is 0 Å². The normalized spacial score (nSPS) is 21.9. The van der Waals surface area contributed by atoms with Crippen molar-refractivity contribution in [2.45, 2.75) is 163 Å². The number of hydrogen-bond acceptors (Lipinski definition) is 0. The molecule has 0 N–H and O–H groups in total. The standard InChI is InChI=1S/C28H56/c1-5-7-9-11-13-15-17-19-22-28(24-21-26(3)27(4)25-28)23-20-18-16-14-12-10-8-6-2/h26-27H,5-25H2,1-4H3. The van der Waals surface area contributed by atoms with Gasteiger partial charge in [0.1, 0.15) is 0 Å². The van der Waals surface area contributed by atoms with Crippen molar-refractivity contribution in [3.05, 3.63) is 0 Å². The fraction of sp³-hybridized carbons (Fsp3) is 1.00. The second kappa shape index (κ2) is 16.8. The Bertz CT molecular complexity index is 311. The molecule has 2 unspecified atom stereocenters. The average Bonchev–Trinajstić information content (AvgIpc) is 2.69. The Morgan fingerprint density at radius 2 is 0.929 bits per heavy atom. The second-order valence-electron chi connectivity index (χ2n) is 10.6. The monoisotopic (exact) mass is 392 g/mol. The first kappa shape index (κ1) is 26.0. The summed E-state index contributed by atoms with van der Waals surface area (Å²) in [5.41, 5.74) is 0.719. The van der Waals surface area contributed by atoms with E-state index in [1.807, 2.05) is 0 Å². The summed E-state index contributed by atoms with van der Waals surface area (Å²) in [6.45, 7) is 9.68. The van der Waals surface area contributed by atoms with Gasteiger partial charge < -0.3 is 0 Å². The van der Waals surface area contributed by atoms with Crippen molar-refractivity contribution in [3.63, 3.8) is 0 Å². The van der Waals surface area contributed by atoms with Crippen LogP contribution in [0.25, 0.3) is 0 Å². The molecule has 0 aromatic heterocycles. The quantitative estimate of drug-likeness (QED) is 0.203. The summed E-state index contributed by atoms with van der Waals surface area (Å²) in [7, 11) is 0. The van der Waals surface area contributed by atoms with E-state index >= 15 is 0 Å². The molecule has 0 bridgehead atoms. The van der Waals surface area contributed by atoms with E-state index in [1.54, 1.807) is 0 Å². The molecule has 0 radical (unpaired) electrons. The lowest BCUT2D eigenvalue weighted by atomic mass is 9.62. The minimum atomic E-state index is 0.719. The molecule has 0 aromatic carbocycles. The van der Waals surface area contributed by atoms with Crippen LogP contribution in [0.4, 0.5) is 0 Å². The molecule has 1 fully saturated rings. The van der Waals surface area contributed by atoms with E-state index in [4.69, 9.17) is 0 Å². The topological polar surface area (TPSA) is 0 Å². The second-order valence-corrected chi connectivity index (χ2v) is 10.6. The van der Waals surface area contributed by atoms with E-state index in [1.165, 1.54) is 135 Å². The fourth-order valence-corrected chi connectivity index (χ4v) is 5.65. The fourth-order valence-electron chi connectivity index (χ4n) is 5.65. The highest BCUT2D eigenvalue weighted by atomic mass is 14.4. The summed E-state index contributed by atoms with van der Waals surface area (Å²) in [4.78, 5) is 0. The lowest BCUT2D eigenvalue weighted by Gasteiger charge is -2.43. The first-order valence-electron chi connectivity index (χ1n) is 13.6. The molecule has 1 aliphatic rings. The highest BCUT2D eigenvalue weighted by Crippen LogP contribution is 2.48. The van der Waals surface area contributed by atoms with Crippen molar-refractivity contribution in [3.8, 4) is 0 Å². The largest absolute Gasteiger partial charge is 0.0654 e. The summed E-state index contributed by atoms with van der Waals surface area (Å²) >= 11 is 0. The van der Waals surface area contributed by atoms with Gasteiger partial charge in [-0.25, -0.2) is 0 Å². The third-order valence-corrected chi connectivity index (χ3v) is 7.98. The summed E-state index contributed by atoms with van der Waals surface area (Å²) < 4.78 is 0. The number of rotatable bonds is 18. The van der Waals surface area contributed by atoms with Gasteiger partial charge in [0.05, 0.1) is 0 Å². The first-order chi connectivity index (χ1) is 13.6. The zero-order chi connectivity index (χ0) is 20.5. The van der Waals surface area contributed by atoms with Crippen LogP contribution in [0.5, 0.6) is 0 Å². The molecule has 0 saturated heterocycles. The van der Waals surface area contributed by atoms with E-state index < -0.39 is 0 Å². The Kier molecular flexibility index (Phi) is 15.6. The van der Waals surface area contributed by atoms with Gasteiger partial charge in [0.2, 0.25) is 0 Å². The molecular formula is C28H56. The third-order valence-electron chi connectivity index (χ3n) is 7.98. The predicted octanol–water partition coefficient (Wildman–Crippen LogP) is 10.5. The maximum atomic E-state index is 2.54. The molecule has 1 aliphatic carbocycles. The van der Waals surface area contributed by atoms with Crippen molar-refractivity contribution in [1.82, 2.24) is 0 Å². The summed E-state index contributed by atoms with van der Waals surface area (Å²) in [5.74, 6) is 1.92. The van der Waals surface area contributed by atoms with E-state index in [-0.39, 0.29) is 0 Å². The Balaban J connectivity index is 2.24. The molecule has 0 aliphatic heterocycles. The van der Waals surface area contributed by atoms with Crippen LogP contribution >= 0.6 is 0 Å². The zero-order valence-corrected chi connectivity index (χ0v) is 20.5. The molecule has 0 nitrogen and oxygen atoms in total. The van der Waals surface area contributed by atoms with Crippen LogP contribution in [0.1, 0.15) is 163 Å². The zero-order valence-electron chi connectivity index (χ0n) is 20.5. The minimum Gasteiger partial charge on any atom is -0.0654 e. The van der Waals surface area contributed by atoms with Crippen molar-refractivity contribution in [2.75, 3.05) is 0 Å². The number of unbranched alkanes of at least 4 members (excludes halogenated alkanes) is 14. The molecule has 0 aromatic rings. The van der Waals surface area contributed by atoms with Gasteiger partial charge in [-0.05, 0) is 49.4 Å². The van der Waals surface area contributed by atoms with Crippen molar-refractivity contribution < 1.29 is 0 Å². The Morgan fingerprint density at radius 1 is 0.536 bits per heavy atom. The van der Waals surface area contributed by atoms with Gasteiger partial charge in [-0.3, -0.25) is 0 Å². The maximum absolute atomic E-state index is 2.54. The van der Waals surface area contributed by atoms with Crippen LogP contribution in [-0.2, 0) is 0 Å². The molecule has 1 saturated carbocycles. The molecule has 0 spiro atoms. The van der Waals surface area contributed by atoms with Gasteiger partial charge in [0, 0.05) is 0 Å². The molecule has 168 valence electrons. The third kappa shape index (κ3) is 11.9. The van der Waals surface area contributed by atoms with Crippen LogP contribution in [0.3, 0.4) is 0 Å². The smallest absolute Gasteiger partial charge is 0.0295 e. The van der Waals surface area contributed by atoms with E-state index in [0.29, 0.717) is 0 Å². The van der Waals surface area contributed by atoms with Gasteiger partial charge in [-0.15, -0.1) is 0 Å². The Morgan fingerprint density at radius 3 is 1.32 bits per heavy atom. The van der Waals surface area contributed by atoms with Gasteiger partial charge >= 0.3 is 0 Å². The van der Waals surface area contributed by atoms with Crippen molar-refractivity contribution in [1.29, 1.82) is 0 Å². The molecule has 1 rings (SSSR count). The predicted molar refractivity (Wildman–Crippen MR) is 129 cm³/mol. The summed E-state index contributed by atoms with van der Waals surface area (Å²) in [6, 6.07) is 0. The SMILES string of the molecule is CCCCCCCCCCC1(CCCCCCCCCC)CCC(C)C(C)C1. The van der Waals surface area contributed by atoms with Gasteiger partial charge in [0.25, 0.3) is 0 Å². The van der Waals surface area contributed by atoms with Crippen molar-refractivity contribution in [2.24, 2.45) is 17.3 Å². The Labute approximate surface area is 180 Å². The lowest BCUT2D eigenvalue weighted by Crippen LogP contribution is -2.32. The highest BCUT2D eigenvalue weighted by molar-refractivity contribution is 4.87.